The summed E-state index contributed by atoms with van der Waals surface area (Å²) in [6.45, 7) is 1.87. The lowest BCUT2D eigenvalue weighted by molar-refractivity contribution is -0.134. The molecule has 1 heterocycles. The number of allylic oxidation sites excluding steroid dienone is 2. The van der Waals surface area contributed by atoms with Gasteiger partial charge in [-0.15, -0.1) is 0 Å². The van der Waals surface area contributed by atoms with Crippen LogP contribution in [0.4, 0.5) is 0 Å². The Hall–Kier alpha value is -1.98. The predicted molar refractivity (Wildman–Crippen MR) is 71.3 cm³/mol. The molecule has 0 aromatic carbocycles. The smallest absolute Gasteiger partial charge is 0.226 e. The van der Waals surface area contributed by atoms with E-state index < -0.39 is 0 Å². The number of hydrogen-bond acceptors (Lipinski definition) is 5. The first-order chi connectivity index (χ1) is 9.36. The van der Waals surface area contributed by atoms with Crippen molar-refractivity contribution < 1.29 is 19.5 Å². The highest BCUT2D eigenvalue weighted by molar-refractivity contribution is 6.22. The maximum absolute atomic E-state index is 11.9. The van der Waals surface area contributed by atoms with Crippen LogP contribution in [-0.2, 0) is 14.4 Å². The zero-order chi connectivity index (χ0) is 14.9. The number of nitrogens with one attached hydrogen (secondary N) is 2. The van der Waals surface area contributed by atoms with E-state index >= 15 is 0 Å². The second kappa shape index (κ2) is 5.56. The van der Waals surface area contributed by atoms with Crippen molar-refractivity contribution in [1.82, 2.24) is 5.32 Å². The zero-order valence-electron chi connectivity index (χ0n) is 11.4. The summed E-state index contributed by atoms with van der Waals surface area (Å²) in [5, 5.41) is 20.1. The van der Waals surface area contributed by atoms with Crippen molar-refractivity contribution in [1.29, 1.82) is 5.41 Å². The predicted octanol–water partition coefficient (Wildman–Crippen LogP) is 1.26. The summed E-state index contributed by atoms with van der Waals surface area (Å²) in [5.74, 6) is -1.14. The summed E-state index contributed by atoms with van der Waals surface area (Å²) in [7, 11) is 0. The van der Waals surface area contributed by atoms with Gasteiger partial charge in [-0.1, -0.05) is 6.92 Å². The second-order valence-corrected chi connectivity index (χ2v) is 5.69. The molecule has 0 bridgehead atoms. The second-order valence-electron chi connectivity index (χ2n) is 5.69. The molecule has 1 atom stereocenters. The van der Waals surface area contributed by atoms with Gasteiger partial charge in [0.05, 0.1) is 5.57 Å². The Balaban J connectivity index is 2.08. The summed E-state index contributed by atoms with van der Waals surface area (Å²) >= 11 is 0. The zero-order valence-corrected chi connectivity index (χ0v) is 11.4. The largest absolute Gasteiger partial charge is 0.511 e. The standard InChI is InChI=1S/C14H18N2O4/c1-7-2-10(17)14(11(18)3-7)9(15)4-8-5-12(19)16-13(20)6-8/h7-8,15,17H,2-6H2,1H3,(H,16,19,20). The number of piperidine rings is 1. The molecule has 2 amide bonds. The van der Waals surface area contributed by atoms with Gasteiger partial charge in [0, 0.05) is 31.4 Å². The van der Waals surface area contributed by atoms with Crippen molar-refractivity contribution >= 4 is 23.3 Å². The minimum absolute atomic E-state index is 0.0342. The third-order valence-electron chi connectivity index (χ3n) is 3.66. The molecule has 1 aliphatic carbocycles. The first-order valence-corrected chi connectivity index (χ1v) is 6.72. The van der Waals surface area contributed by atoms with Gasteiger partial charge >= 0.3 is 0 Å². The molecule has 0 radical (unpaired) electrons. The molecule has 0 saturated carbocycles. The lowest BCUT2D eigenvalue weighted by Crippen LogP contribution is -2.39. The van der Waals surface area contributed by atoms with Crippen LogP contribution in [0.3, 0.4) is 0 Å². The van der Waals surface area contributed by atoms with Crippen molar-refractivity contribution in [3.05, 3.63) is 11.3 Å². The Morgan fingerprint density at radius 2 is 1.80 bits per heavy atom. The minimum Gasteiger partial charge on any atom is -0.511 e. The first-order valence-electron chi connectivity index (χ1n) is 6.72. The topological polar surface area (TPSA) is 107 Å². The van der Waals surface area contributed by atoms with E-state index in [0.29, 0.717) is 12.8 Å². The van der Waals surface area contributed by atoms with Crippen molar-refractivity contribution in [2.45, 2.75) is 39.0 Å². The number of ketones is 1. The summed E-state index contributed by atoms with van der Waals surface area (Å²) in [6, 6.07) is 0. The van der Waals surface area contributed by atoms with Crippen molar-refractivity contribution in [2.75, 3.05) is 0 Å². The normalized spacial score (nSPS) is 24.9. The molecule has 3 N–H and O–H groups in total. The van der Waals surface area contributed by atoms with Crippen LogP contribution in [0.15, 0.2) is 11.3 Å². The van der Waals surface area contributed by atoms with E-state index in [4.69, 9.17) is 5.41 Å². The van der Waals surface area contributed by atoms with Gasteiger partial charge in [-0.05, 0) is 18.3 Å². The Morgan fingerprint density at radius 1 is 1.20 bits per heavy atom. The Kier molecular flexibility index (Phi) is 4.01. The SMILES string of the molecule is CC1CC(=O)C(C(=N)CC2CC(=O)NC(=O)C2)=C(O)C1. The number of rotatable bonds is 3. The summed E-state index contributed by atoms with van der Waals surface area (Å²) < 4.78 is 0. The monoisotopic (exact) mass is 278 g/mol. The number of carbonyl (C=O) groups excluding carboxylic acids is 3. The number of imide groups is 1. The number of aliphatic hydroxyl groups excluding tert-OH is 1. The van der Waals surface area contributed by atoms with Crippen LogP contribution in [0.25, 0.3) is 0 Å². The molecular formula is C14H18N2O4. The molecule has 20 heavy (non-hydrogen) atoms. The van der Waals surface area contributed by atoms with Crippen LogP contribution in [0, 0.1) is 17.2 Å². The van der Waals surface area contributed by atoms with Crippen molar-refractivity contribution in [3.63, 3.8) is 0 Å². The van der Waals surface area contributed by atoms with Gasteiger partial charge < -0.3 is 10.5 Å². The highest BCUT2D eigenvalue weighted by atomic mass is 16.3. The lowest BCUT2D eigenvalue weighted by atomic mass is 9.82. The molecule has 1 unspecified atom stereocenters. The molecule has 1 aliphatic heterocycles. The van der Waals surface area contributed by atoms with Gasteiger partial charge in [0.15, 0.2) is 5.78 Å². The maximum Gasteiger partial charge on any atom is 0.226 e. The average Bonchev–Trinajstić information content (AvgIpc) is 2.25. The molecule has 2 rings (SSSR count). The quantitative estimate of drug-likeness (QED) is 0.533. The van der Waals surface area contributed by atoms with Crippen LogP contribution >= 0.6 is 0 Å². The van der Waals surface area contributed by atoms with E-state index in [9.17, 15) is 19.5 Å². The lowest BCUT2D eigenvalue weighted by Gasteiger charge is -2.24. The molecule has 1 saturated heterocycles. The van der Waals surface area contributed by atoms with E-state index in [2.05, 4.69) is 5.32 Å². The molecule has 2 aliphatic rings. The Morgan fingerprint density at radius 3 is 2.35 bits per heavy atom. The maximum atomic E-state index is 11.9. The summed E-state index contributed by atoms with van der Waals surface area (Å²) in [6.07, 6.45) is 1.23. The summed E-state index contributed by atoms with van der Waals surface area (Å²) in [5.41, 5.74) is 0.119. The number of aliphatic hydroxyl groups is 1. The highest BCUT2D eigenvalue weighted by Crippen LogP contribution is 2.28. The molecule has 1 fully saturated rings. The van der Waals surface area contributed by atoms with E-state index in [1.165, 1.54) is 0 Å². The molecule has 0 aromatic heterocycles. The number of hydrogen-bond donors (Lipinski definition) is 3. The van der Waals surface area contributed by atoms with E-state index in [1.807, 2.05) is 6.92 Å². The molecule has 108 valence electrons. The molecule has 6 heteroatoms. The van der Waals surface area contributed by atoms with Crippen LogP contribution in [0.5, 0.6) is 0 Å². The van der Waals surface area contributed by atoms with Crippen LogP contribution < -0.4 is 5.32 Å². The van der Waals surface area contributed by atoms with Crippen LogP contribution in [0.2, 0.25) is 0 Å². The van der Waals surface area contributed by atoms with Crippen LogP contribution in [-0.4, -0.2) is 28.4 Å². The number of Topliss-reactive ketones (excluding diaryl/α,β-unsaturated/α-hetero) is 1. The number of amides is 2. The van der Waals surface area contributed by atoms with Crippen LogP contribution in [0.1, 0.15) is 39.0 Å². The molecular weight excluding hydrogens is 260 g/mol. The van der Waals surface area contributed by atoms with E-state index in [1.54, 1.807) is 0 Å². The van der Waals surface area contributed by atoms with E-state index in [0.717, 1.165) is 0 Å². The Labute approximate surface area is 116 Å². The van der Waals surface area contributed by atoms with Gasteiger partial charge in [0.25, 0.3) is 0 Å². The fourth-order valence-electron chi connectivity index (χ4n) is 2.82. The van der Waals surface area contributed by atoms with Gasteiger partial charge in [-0.3, -0.25) is 19.7 Å². The van der Waals surface area contributed by atoms with Gasteiger partial charge in [-0.25, -0.2) is 0 Å². The molecule has 0 aromatic rings. The fourth-order valence-corrected chi connectivity index (χ4v) is 2.82. The third kappa shape index (κ3) is 3.12. The van der Waals surface area contributed by atoms with Gasteiger partial charge in [0.1, 0.15) is 5.76 Å². The van der Waals surface area contributed by atoms with E-state index in [-0.39, 0.29) is 65.7 Å². The first kappa shape index (κ1) is 14.4. The molecule has 6 nitrogen and oxygen atoms in total. The third-order valence-corrected chi connectivity index (χ3v) is 3.66. The Bertz CT molecular complexity index is 505. The van der Waals surface area contributed by atoms with Crippen molar-refractivity contribution in [2.24, 2.45) is 11.8 Å². The van der Waals surface area contributed by atoms with Gasteiger partial charge in [-0.2, -0.15) is 0 Å². The summed E-state index contributed by atoms with van der Waals surface area (Å²) in [4.78, 5) is 34.5. The fraction of sp³-hybridized carbons (Fsp3) is 0.571. The van der Waals surface area contributed by atoms with Gasteiger partial charge in [0.2, 0.25) is 11.8 Å². The number of carbonyl (C=O) groups is 3. The minimum atomic E-state index is -0.346. The average molecular weight is 278 g/mol. The van der Waals surface area contributed by atoms with Crippen molar-refractivity contribution in [3.8, 4) is 0 Å². The molecule has 0 spiro atoms. The highest BCUT2D eigenvalue weighted by Gasteiger charge is 2.31.